The Bertz CT molecular complexity index is 816. The Kier molecular flexibility index (Phi) is 7.11. The Morgan fingerprint density at radius 1 is 1.19 bits per heavy atom. The van der Waals surface area contributed by atoms with Crippen LogP contribution < -0.4 is 14.8 Å². The molecule has 2 aromatic carbocycles. The third kappa shape index (κ3) is 5.27. The van der Waals surface area contributed by atoms with E-state index in [2.05, 4.69) is 5.32 Å². The van der Waals surface area contributed by atoms with Crippen molar-refractivity contribution in [3.8, 4) is 11.5 Å². The van der Waals surface area contributed by atoms with Crippen LogP contribution in [0.2, 0.25) is 5.02 Å². The lowest BCUT2D eigenvalue weighted by Crippen LogP contribution is -2.14. The zero-order valence-electron chi connectivity index (χ0n) is 14.2. The van der Waals surface area contributed by atoms with Gasteiger partial charge in [-0.15, -0.1) is 11.8 Å². The highest BCUT2D eigenvalue weighted by Crippen LogP contribution is 2.29. The van der Waals surface area contributed by atoms with E-state index in [1.807, 2.05) is 0 Å². The van der Waals surface area contributed by atoms with Gasteiger partial charge in [-0.25, -0.2) is 0 Å². The molecule has 0 unspecified atom stereocenters. The predicted octanol–water partition coefficient (Wildman–Crippen LogP) is 4.14. The molecule has 0 aromatic heterocycles. The van der Waals surface area contributed by atoms with E-state index in [1.165, 1.54) is 32.0 Å². The highest BCUT2D eigenvalue weighted by molar-refractivity contribution is 7.99. The van der Waals surface area contributed by atoms with Gasteiger partial charge in [0, 0.05) is 17.5 Å². The van der Waals surface area contributed by atoms with Crippen LogP contribution in [0.4, 0.5) is 11.4 Å². The highest BCUT2D eigenvalue weighted by Gasteiger charge is 2.15. The van der Waals surface area contributed by atoms with Crippen molar-refractivity contribution in [3.63, 3.8) is 0 Å². The van der Waals surface area contributed by atoms with Gasteiger partial charge in [-0.2, -0.15) is 0 Å². The molecule has 0 aliphatic heterocycles. The van der Waals surface area contributed by atoms with Crippen molar-refractivity contribution >= 4 is 40.6 Å². The lowest BCUT2D eigenvalue weighted by Gasteiger charge is -2.08. The lowest BCUT2D eigenvalue weighted by molar-refractivity contribution is -0.385. The number of nitrogens with one attached hydrogen (secondary N) is 1. The maximum atomic E-state index is 12.0. The summed E-state index contributed by atoms with van der Waals surface area (Å²) in [7, 11) is 2.89. The molecule has 7 nitrogen and oxygen atoms in total. The van der Waals surface area contributed by atoms with E-state index in [-0.39, 0.29) is 23.1 Å². The van der Waals surface area contributed by atoms with E-state index in [0.717, 1.165) is 5.56 Å². The Morgan fingerprint density at radius 3 is 2.50 bits per heavy atom. The van der Waals surface area contributed by atoms with E-state index < -0.39 is 4.92 Å². The van der Waals surface area contributed by atoms with Crippen LogP contribution in [0.3, 0.4) is 0 Å². The molecule has 0 radical (unpaired) electrons. The molecule has 0 aliphatic rings. The van der Waals surface area contributed by atoms with Crippen LogP contribution in [0.15, 0.2) is 36.4 Å². The Balaban J connectivity index is 1.89. The van der Waals surface area contributed by atoms with Crippen molar-refractivity contribution in [1.29, 1.82) is 0 Å². The van der Waals surface area contributed by atoms with Crippen LogP contribution in [0.25, 0.3) is 0 Å². The van der Waals surface area contributed by atoms with Crippen LogP contribution >= 0.6 is 23.4 Å². The SMILES string of the molecule is COc1ccc(NC(=O)CSCc2ccc(OC)c([N+](=O)[O-])c2)cc1Cl. The number of nitro benzene ring substituents is 1. The van der Waals surface area contributed by atoms with Crippen molar-refractivity contribution in [2.45, 2.75) is 5.75 Å². The summed E-state index contributed by atoms with van der Waals surface area (Å²) in [6, 6.07) is 9.71. The van der Waals surface area contributed by atoms with E-state index in [4.69, 9.17) is 21.1 Å². The van der Waals surface area contributed by atoms with Gasteiger partial charge >= 0.3 is 5.69 Å². The first-order valence-electron chi connectivity index (χ1n) is 7.47. The molecule has 26 heavy (non-hydrogen) atoms. The van der Waals surface area contributed by atoms with Crippen LogP contribution in [0.1, 0.15) is 5.56 Å². The fourth-order valence-electron chi connectivity index (χ4n) is 2.17. The third-order valence-electron chi connectivity index (χ3n) is 3.38. The summed E-state index contributed by atoms with van der Waals surface area (Å²) in [5.41, 5.74) is 1.22. The second-order valence-corrected chi connectivity index (χ2v) is 6.55. The molecule has 1 N–H and O–H groups in total. The molecular weight excluding hydrogens is 380 g/mol. The molecule has 9 heteroatoms. The van der Waals surface area contributed by atoms with Gasteiger partial charge in [-0.1, -0.05) is 17.7 Å². The standard InChI is InChI=1S/C17H17ClN2O5S/c1-24-15-6-4-12(8-13(15)18)19-17(21)10-26-9-11-3-5-16(25-2)14(7-11)20(22)23/h3-8H,9-10H2,1-2H3,(H,19,21). The molecule has 2 aromatic rings. The molecule has 0 bridgehead atoms. The zero-order chi connectivity index (χ0) is 19.1. The van der Waals surface area contributed by atoms with Crippen molar-refractivity contribution in [2.24, 2.45) is 0 Å². The average Bonchev–Trinajstić information content (AvgIpc) is 2.61. The normalized spacial score (nSPS) is 10.3. The molecule has 0 fully saturated rings. The number of carbonyl (C=O) groups excluding carboxylic acids is 1. The predicted molar refractivity (Wildman–Crippen MR) is 102 cm³/mol. The summed E-state index contributed by atoms with van der Waals surface area (Å²) < 4.78 is 10.0. The molecule has 138 valence electrons. The zero-order valence-corrected chi connectivity index (χ0v) is 15.7. The van der Waals surface area contributed by atoms with Gasteiger partial charge in [0.25, 0.3) is 0 Å². The van der Waals surface area contributed by atoms with Crippen LogP contribution in [0.5, 0.6) is 11.5 Å². The summed E-state index contributed by atoms with van der Waals surface area (Å²) >= 11 is 7.36. The Hall–Kier alpha value is -2.45. The highest BCUT2D eigenvalue weighted by atomic mass is 35.5. The van der Waals surface area contributed by atoms with Gasteiger partial charge in [0.2, 0.25) is 5.91 Å². The maximum Gasteiger partial charge on any atom is 0.311 e. The number of ether oxygens (including phenoxy) is 2. The van der Waals surface area contributed by atoms with Gasteiger partial charge in [0.1, 0.15) is 5.75 Å². The van der Waals surface area contributed by atoms with Crippen LogP contribution in [0, 0.1) is 10.1 Å². The third-order valence-corrected chi connectivity index (χ3v) is 4.68. The van der Waals surface area contributed by atoms with Gasteiger partial charge in [-0.05, 0) is 29.8 Å². The summed E-state index contributed by atoms with van der Waals surface area (Å²) in [5.74, 6) is 1.20. The minimum Gasteiger partial charge on any atom is -0.495 e. The van der Waals surface area contributed by atoms with E-state index in [0.29, 0.717) is 22.2 Å². The quantitative estimate of drug-likeness (QED) is 0.532. The average molecular weight is 397 g/mol. The number of carbonyl (C=O) groups is 1. The van der Waals surface area contributed by atoms with Crippen LogP contribution in [-0.2, 0) is 10.5 Å². The van der Waals surface area contributed by atoms with E-state index >= 15 is 0 Å². The number of nitro groups is 1. The number of amides is 1. The van der Waals surface area contributed by atoms with Crippen molar-refractivity contribution in [1.82, 2.24) is 0 Å². The lowest BCUT2D eigenvalue weighted by atomic mass is 10.2. The molecule has 0 spiro atoms. The van der Waals surface area contributed by atoms with Gasteiger partial charge < -0.3 is 14.8 Å². The molecule has 0 atom stereocenters. The number of rotatable bonds is 8. The molecule has 0 aliphatic carbocycles. The topological polar surface area (TPSA) is 90.7 Å². The first kappa shape index (κ1) is 19.9. The first-order valence-corrected chi connectivity index (χ1v) is 9.00. The minimum absolute atomic E-state index is 0.0945. The maximum absolute atomic E-state index is 12.0. The number of anilines is 1. The molecule has 1 amide bonds. The molecule has 0 saturated heterocycles. The van der Waals surface area contributed by atoms with Gasteiger partial charge in [0.05, 0.1) is 29.9 Å². The molecular formula is C17H17ClN2O5S. The Labute approximate surface area is 159 Å². The monoisotopic (exact) mass is 396 g/mol. The fourth-order valence-corrected chi connectivity index (χ4v) is 3.20. The smallest absolute Gasteiger partial charge is 0.311 e. The molecule has 0 heterocycles. The second kappa shape index (κ2) is 9.30. The van der Waals surface area contributed by atoms with E-state index in [1.54, 1.807) is 30.3 Å². The summed E-state index contributed by atoms with van der Waals surface area (Å²) in [4.78, 5) is 22.5. The second-order valence-electron chi connectivity index (χ2n) is 5.15. The molecule has 2 rings (SSSR count). The molecule has 0 saturated carbocycles. The summed E-state index contributed by atoms with van der Waals surface area (Å²) in [6.07, 6.45) is 0. The summed E-state index contributed by atoms with van der Waals surface area (Å²) in [6.45, 7) is 0. The number of benzene rings is 2. The van der Waals surface area contributed by atoms with E-state index in [9.17, 15) is 14.9 Å². The first-order chi connectivity index (χ1) is 12.4. The van der Waals surface area contributed by atoms with Gasteiger partial charge in [-0.3, -0.25) is 14.9 Å². The number of nitrogens with zero attached hydrogens (tertiary/aromatic N) is 1. The minimum atomic E-state index is -0.493. The number of methoxy groups -OCH3 is 2. The van der Waals surface area contributed by atoms with Crippen molar-refractivity contribution in [3.05, 3.63) is 57.1 Å². The number of hydrogen-bond acceptors (Lipinski definition) is 6. The fraction of sp³-hybridized carbons (Fsp3) is 0.235. The number of hydrogen-bond donors (Lipinski definition) is 1. The van der Waals surface area contributed by atoms with Gasteiger partial charge in [0.15, 0.2) is 5.75 Å². The van der Waals surface area contributed by atoms with Crippen LogP contribution in [-0.4, -0.2) is 30.8 Å². The largest absolute Gasteiger partial charge is 0.495 e. The number of thioether (sulfide) groups is 1. The Morgan fingerprint density at radius 2 is 1.88 bits per heavy atom. The summed E-state index contributed by atoms with van der Waals surface area (Å²) in [5, 5.41) is 14.2. The van der Waals surface area contributed by atoms with Crippen molar-refractivity contribution < 1.29 is 19.2 Å². The van der Waals surface area contributed by atoms with Crippen molar-refractivity contribution in [2.75, 3.05) is 25.3 Å². The number of halogens is 1.